The molecule has 0 spiro atoms. The minimum absolute atomic E-state index is 0.0556. The van der Waals surface area contributed by atoms with Gasteiger partial charge in [-0.3, -0.25) is 9.59 Å². The Kier molecular flexibility index (Phi) is 6.52. The molecule has 116 valence electrons. The van der Waals surface area contributed by atoms with E-state index in [-0.39, 0.29) is 18.9 Å². The minimum Gasteiger partial charge on any atom is -0.493 e. The second-order valence-corrected chi connectivity index (χ2v) is 4.42. The monoisotopic (exact) mass is 295 g/mol. The predicted molar refractivity (Wildman–Crippen MR) is 77.5 cm³/mol. The molecule has 0 bridgehead atoms. The van der Waals surface area contributed by atoms with Crippen molar-refractivity contribution in [3.8, 4) is 11.5 Å². The molecule has 0 N–H and O–H groups in total. The Morgan fingerprint density at radius 3 is 2.38 bits per heavy atom. The first kappa shape index (κ1) is 16.8. The number of carbonyl (C=O) groups excluding carboxylic acids is 2. The molecule has 0 radical (unpaired) electrons. The van der Waals surface area contributed by atoms with Crippen molar-refractivity contribution in [3.05, 3.63) is 23.8 Å². The van der Waals surface area contributed by atoms with Gasteiger partial charge in [-0.25, -0.2) is 0 Å². The van der Waals surface area contributed by atoms with Gasteiger partial charge >= 0.3 is 5.97 Å². The fraction of sp³-hybridized carbons (Fsp3) is 0.467. The second kappa shape index (κ2) is 8.14. The molecule has 0 aromatic heterocycles. The zero-order valence-corrected chi connectivity index (χ0v) is 12.8. The molecule has 1 aromatic rings. The second-order valence-electron chi connectivity index (χ2n) is 4.42. The van der Waals surface area contributed by atoms with Crippen molar-refractivity contribution in [2.24, 2.45) is 0 Å². The maximum atomic E-state index is 12.1. The van der Waals surface area contributed by atoms with Crippen LogP contribution in [0.15, 0.2) is 18.2 Å². The highest BCUT2D eigenvalue weighted by atomic mass is 16.5. The first-order valence-corrected chi connectivity index (χ1v) is 6.62. The maximum Gasteiger partial charge on any atom is 0.325 e. The summed E-state index contributed by atoms with van der Waals surface area (Å²) in [5, 5.41) is 0. The highest BCUT2D eigenvalue weighted by molar-refractivity contribution is 5.83. The Balaban J connectivity index is 2.67. The molecular weight excluding hydrogens is 274 g/mol. The molecule has 21 heavy (non-hydrogen) atoms. The number of hydrogen-bond donors (Lipinski definition) is 0. The summed E-state index contributed by atoms with van der Waals surface area (Å²) in [4.78, 5) is 24.7. The van der Waals surface area contributed by atoms with Crippen LogP contribution in [0.5, 0.6) is 11.5 Å². The van der Waals surface area contributed by atoms with Gasteiger partial charge < -0.3 is 19.1 Å². The van der Waals surface area contributed by atoms with Crippen LogP contribution in [0, 0.1) is 0 Å². The lowest BCUT2D eigenvalue weighted by Gasteiger charge is -2.16. The summed E-state index contributed by atoms with van der Waals surface area (Å²) in [5.41, 5.74) is 0.786. The molecule has 1 rings (SSSR count). The van der Waals surface area contributed by atoms with Gasteiger partial charge in [-0.2, -0.15) is 0 Å². The molecular formula is C15H21NO5. The number of amides is 1. The molecule has 0 saturated carbocycles. The van der Waals surface area contributed by atoms with Crippen LogP contribution in [0.4, 0.5) is 0 Å². The topological polar surface area (TPSA) is 65.1 Å². The molecule has 0 aliphatic carbocycles. The van der Waals surface area contributed by atoms with E-state index in [0.29, 0.717) is 18.1 Å². The summed E-state index contributed by atoms with van der Waals surface area (Å²) < 4.78 is 15.1. The molecule has 1 aromatic carbocycles. The average Bonchev–Trinajstić information content (AvgIpc) is 2.47. The lowest BCUT2D eigenvalue weighted by Crippen LogP contribution is -2.34. The summed E-state index contributed by atoms with van der Waals surface area (Å²) in [6.07, 6.45) is 0.177. The number of ether oxygens (including phenoxy) is 3. The minimum atomic E-state index is -0.416. The lowest BCUT2D eigenvalue weighted by atomic mass is 10.1. The SMILES string of the molecule is CCOC(=O)CN(C)C(=O)Cc1ccc(OC)c(OC)c1. The zero-order chi connectivity index (χ0) is 15.8. The highest BCUT2D eigenvalue weighted by Gasteiger charge is 2.15. The van der Waals surface area contributed by atoms with E-state index in [1.165, 1.54) is 12.0 Å². The molecule has 0 saturated heterocycles. The quantitative estimate of drug-likeness (QED) is 0.709. The van der Waals surface area contributed by atoms with Crippen LogP contribution in [0.25, 0.3) is 0 Å². The maximum absolute atomic E-state index is 12.1. The molecule has 0 atom stereocenters. The van der Waals surface area contributed by atoms with Crippen molar-refractivity contribution in [3.63, 3.8) is 0 Å². The van der Waals surface area contributed by atoms with Crippen LogP contribution in [0.2, 0.25) is 0 Å². The van der Waals surface area contributed by atoms with Gasteiger partial charge in [-0.1, -0.05) is 6.07 Å². The van der Waals surface area contributed by atoms with Gasteiger partial charge in [-0.05, 0) is 24.6 Å². The van der Waals surface area contributed by atoms with Gasteiger partial charge in [0.15, 0.2) is 11.5 Å². The third-order valence-electron chi connectivity index (χ3n) is 2.90. The fourth-order valence-electron chi connectivity index (χ4n) is 1.79. The van der Waals surface area contributed by atoms with E-state index in [1.54, 1.807) is 39.3 Å². The summed E-state index contributed by atoms with van der Waals surface area (Å²) in [7, 11) is 4.66. The van der Waals surface area contributed by atoms with Crippen LogP contribution in [0.1, 0.15) is 12.5 Å². The van der Waals surface area contributed by atoms with Crippen LogP contribution in [0.3, 0.4) is 0 Å². The van der Waals surface area contributed by atoms with Crippen molar-refractivity contribution >= 4 is 11.9 Å². The number of hydrogen-bond acceptors (Lipinski definition) is 5. The van der Waals surface area contributed by atoms with E-state index in [2.05, 4.69) is 0 Å². The van der Waals surface area contributed by atoms with Crippen molar-refractivity contribution in [2.45, 2.75) is 13.3 Å². The largest absolute Gasteiger partial charge is 0.493 e. The smallest absolute Gasteiger partial charge is 0.325 e. The number of rotatable bonds is 7. The normalized spacial score (nSPS) is 9.90. The van der Waals surface area contributed by atoms with E-state index >= 15 is 0 Å². The summed E-state index contributed by atoms with van der Waals surface area (Å²) in [5.74, 6) is 0.584. The number of likely N-dealkylation sites (N-methyl/N-ethyl adjacent to an activating group) is 1. The van der Waals surface area contributed by atoms with Crippen LogP contribution in [-0.4, -0.2) is 51.2 Å². The Bertz CT molecular complexity index is 501. The number of esters is 1. The molecule has 0 fully saturated rings. The fourth-order valence-corrected chi connectivity index (χ4v) is 1.79. The lowest BCUT2D eigenvalue weighted by molar-refractivity contribution is -0.147. The summed E-state index contributed by atoms with van der Waals surface area (Å²) in [6.45, 7) is 1.97. The number of methoxy groups -OCH3 is 2. The molecule has 0 aliphatic rings. The molecule has 1 amide bonds. The number of benzene rings is 1. The average molecular weight is 295 g/mol. The molecule has 6 heteroatoms. The third-order valence-corrected chi connectivity index (χ3v) is 2.90. The highest BCUT2D eigenvalue weighted by Crippen LogP contribution is 2.27. The van der Waals surface area contributed by atoms with Gasteiger partial charge in [0, 0.05) is 7.05 Å². The summed E-state index contributed by atoms with van der Waals surface area (Å²) in [6, 6.07) is 5.28. The predicted octanol–water partition coefficient (Wildman–Crippen LogP) is 1.27. The van der Waals surface area contributed by atoms with E-state index < -0.39 is 5.97 Å². The first-order valence-electron chi connectivity index (χ1n) is 6.62. The molecule has 6 nitrogen and oxygen atoms in total. The molecule has 0 aliphatic heterocycles. The van der Waals surface area contributed by atoms with Crippen molar-refractivity contribution in [1.82, 2.24) is 4.90 Å². The zero-order valence-electron chi connectivity index (χ0n) is 12.8. The Hall–Kier alpha value is -2.24. The van der Waals surface area contributed by atoms with Crippen molar-refractivity contribution < 1.29 is 23.8 Å². The van der Waals surface area contributed by atoms with Crippen LogP contribution in [-0.2, 0) is 20.7 Å². The Morgan fingerprint density at radius 1 is 1.14 bits per heavy atom. The van der Waals surface area contributed by atoms with Gasteiger partial charge in [0.1, 0.15) is 6.54 Å². The van der Waals surface area contributed by atoms with Crippen molar-refractivity contribution in [2.75, 3.05) is 34.4 Å². The Labute approximate surface area is 124 Å². The number of carbonyl (C=O) groups is 2. The van der Waals surface area contributed by atoms with E-state index in [1.807, 2.05) is 0 Å². The van der Waals surface area contributed by atoms with E-state index in [4.69, 9.17) is 14.2 Å². The third kappa shape index (κ3) is 4.98. The summed E-state index contributed by atoms with van der Waals surface area (Å²) >= 11 is 0. The van der Waals surface area contributed by atoms with Gasteiger partial charge in [0.05, 0.1) is 27.2 Å². The van der Waals surface area contributed by atoms with Crippen molar-refractivity contribution in [1.29, 1.82) is 0 Å². The van der Waals surface area contributed by atoms with Gasteiger partial charge in [-0.15, -0.1) is 0 Å². The van der Waals surface area contributed by atoms with Gasteiger partial charge in [0.25, 0.3) is 0 Å². The van der Waals surface area contributed by atoms with E-state index in [0.717, 1.165) is 5.56 Å². The van der Waals surface area contributed by atoms with Crippen LogP contribution < -0.4 is 9.47 Å². The first-order chi connectivity index (χ1) is 10.0. The Morgan fingerprint density at radius 2 is 1.81 bits per heavy atom. The standard InChI is InChI=1S/C15H21NO5/c1-5-21-15(18)10-16(2)14(17)9-11-6-7-12(19-3)13(8-11)20-4/h6-8H,5,9-10H2,1-4H3. The number of nitrogens with zero attached hydrogens (tertiary/aromatic N) is 1. The molecule has 0 heterocycles. The van der Waals surface area contributed by atoms with Crippen LogP contribution >= 0.6 is 0 Å². The molecule has 0 unspecified atom stereocenters. The van der Waals surface area contributed by atoms with E-state index in [9.17, 15) is 9.59 Å². The van der Waals surface area contributed by atoms with Gasteiger partial charge in [0.2, 0.25) is 5.91 Å².